The maximum absolute atomic E-state index is 3.28. The van der Waals surface area contributed by atoms with Crippen molar-refractivity contribution in [1.82, 2.24) is 4.90 Å². The predicted octanol–water partition coefficient (Wildman–Crippen LogP) is 2.55. The molecule has 0 bridgehead atoms. The molecule has 0 radical (unpaired) electrons. The third-order valence-electron chi connectivity index (χ3n) is 2.11. The lowest BCUT2D eigenvalue weighted by Crippen LogP contribution is -2.13. The Morgan fingerprint density at radius 2 is 2.36 bits per heavy atom. The van der Waals surface area contributed by atoms with Crippen molar-refractivity contribution < 1.29 is 0 Å². The van der Waals surface area contributed by atoms with E-state index in [9.17, 15) is 0 Å². The van der Waals surface area contributed by atoms with E-state index in [1.54, 1.807) is 0 Å². The van der Waals surface area contributed by atoms with Crippen LogP contribution in [0.15, 0.2) is 17.5 Å². The molecule has 1 heteroatoms. The zero-order chi connectivity index (χ0) is 8.10. The Balaban J connectivity index is 2.21. The van der Waals surface area contributed by atoms with Crippen molar-refractivity contribution >= 4 is 0 Å². The van der Waals surface area contributed by atoms with Crippen LogP contribution in [0.4, 0.5) is 0 Å². The normalized spacial score (nSPS) is 15.8. The molecule has 0 saturated carbocycles. The average molecular weight is 151 g/mol. The van der Waals surface area contributed by atoms with Crippen LogP contribution in [0.1, 0.15) is 32.6 Å². The number of likely N-dealkylation sites (N-methyl/N-ethyl adjacent to an activating group) is 1. The third-order valence-corrected chi connectivity index (χ3v) is 2.11. The summed E-state index contributed by atoms with van der Waals surface area (Å²) in [6, 6.07) is 0. The van der Waals surface area contributed by atoms with E-state index in [-0.39, 0.29) is 0 Å². The van der Waals surface area contributed by atoms with Crippen LogP contribution in [-0.2, 0) is 0 Å². The maximum atomic E-state index is 3.28. The summed E-state index contributed by atoms with van der Waals surface area (Å²) in [5.74, 6) is 0. The van der Waals surface area contributed by atoms with E-state index in [1.807, 2.05) is 0 Å². The van der Waals surface area contributed by atoms with E-state index in [4.69, 9.17) is 0 Å². The molecule has 0 amide bonds. The van der Waals surface area contributed by atoms with Crippen molar-refractivity contribution in [2.45, 2.75) is 32.6 Å². The van der Waals surface area contributed by atoms with Crippen molar-refractivity contribution in [2.75, 3.05) is 13.6 Å². The number of hydrogen-bond acceptors (Lipinski definition) is 1. The molecule has 1 rings (SSSR count). The predicted molar refractivity (Wildman–Crippen MR) is 48.4 cm³/mol. The van der Waals surface area contributed by atoms with Crippen molar-refractivity contribution in [2.24, 2.45) is 0 Å². The van der Waals surface area contributed by atoms with Crippen molar-refractivity contribution in [3.05, 3.63) is 17.5 Å². The first-order valence-corrected chi connectivity index (χ1v) is 4.49. The Morgan fingerprint density at radius 3 is 2.91 bits per heavy atom. The standard InChI is InChI=1S/C10H17N/c1-3-4-5-7-10-8-6-9-11(10)2/h6H,3-5,7,9H2,1-2H3. The molecule has 0 aliphatic carbocycles. The highest BCUT2D eigenvalue weighted by molar-refractivity contribution is 5.08. The molecule has 0 aromatic heterocycles. The summed E-state index contributed by atoms with van der Waals surface area (Å²) >= 11 is 0. The molecule has 1 heterocycles. The van der Waals surface area contributed by atoms with Gasteiger partial charge in [0, 0.05) is 13.6 Å². The molecule has 11 heavy (non-hydrogen) atoms. The topological polar surface area (TPSA) is 3.24 Å². The maximum Gasteiger partial charge on any atom is 0.0561 e. The third kappa shape index (κ3) is 2.44. The first-order chi connectivity index (χ1) is 5.34. The van der Waals surface area contributed by atoms with Gasteiger partial charge in [-0.3, -0.25) is 0 Å². The Morgan fingerprint density at radius 1 is 1.55 bits per heavy atom. The van der Waals surface area contributed by atoms with Gasteiger partial charge in [-0.25, -0.2) is 0 Å². The smallest absolute Gasteiger partial charge is 0.0561 e. The van der Waals surface area contributed by atoms with Crippen LogP contribution in [0.5, 0.6) is 0 Å². The Hall–Kier alpha value is -0.680. The van der Waals surface area contributed by atoms with E-state index in [0.717, 1.165) is 6.54 Å². The van der Waals surface area contributed by atoms with E-state index >= 15 is 0 Å². The zero-order valence-corrected chi connectivity index (χ0v) is 7.56. The molecule has 0 unspecified atom stereocenters. The molecule has 0 atom stereocenters. The fourth-order valence-electron chi connectivity index (χ4n) is 1.33. The summed E-state index contributed by atoms with van der Waals surface area (Å²) in [5, 5.41) is 0. The SMILES string of the molecule is CCCCCC1=C=CCN1C. The summed E-state index contributed by atoms with van der Waals surface area (Å²) in [5.41, 5.74) is 4.67. The minimum Gasteiger partial charge on any atom is -0.367 e. The quantitative estimate of drug-likeness (QED) is 0.441. The average Bonchev–Trinajstić information content (AvgIpc) is 2.37. The molecule has 0 aromatic carbocycles. The van der Waals surface area contributed by atoms with Gasteiger partial charge in [-0.05, 0) is 18.9 Å². The molecule has 1 nitrogen and oxygen atoms in total. The molecule has 0 saturated heterocycles. The second-order valence-electron chi connectivity index (χ2n) is 3.13. The Bertz CT molecular complexity index is 175. The van der Waals surface area contributed by atoms with Gasteiger partial charge in [0.25, 0.3) is 0 Å². The summed E-state index contributed by atoms with van der Waals surface area (Å²) in [4.78, 5) is 2.27. The van der Waals surface area contributed by atoms with Crippen LogP contribution in [0.2, 0.25) is 0 Å². The van der Waals surface area contributed by atoms with Crippen LogP contribution in [0, 0.1) is 0 Å². The fraction of sp³-hybridized carbons (Fsp3) is 0.700. The summed E-state index contributed by atoms with van der Waals surface area (Å²) in [6.07, 6.45) is 7.29. The van der Waals surface area contributed by atoms with E-state index in [1.165, 1.54) is 31.4 Å². The van der Waals surface area contributed by atoms with Gasteiger partial charge in [0.05, 0.1) is 5.70 Å². The number of hydrogen-bond donors (Lipinski definition) is 0. The summed E-state index contributed by atoms with van der Waals surface area (Å²) < 4.78 is 0. The lowest BCUT2D eigenvalue weighted by molar-refractivity contribution is 0.451. The molecule has 0 N–H and O–H groups in total. The van der Waals surface area contributed by atoms with Crippen molar-refractivity contribution in [3.8, 4) is 0 Å². The molecular formula is C10H17N. The van der Waals surface area contributed by atoms with E-state index < -0.39 is 0 Å². The van der Waals surface area contributed by atoms with Gasteiger partial charge in [0.2, 0.25) is 0 Å². The van der Waals surface area contributed by atoms with Crippen LogP contribution in [0.3, 0.4) is 0 Å². The number of unbranched alkanes of at least 4 members (excludes halogenated alkanes) is 2. The number of rotatable bonds is 4. The van der Waals surface area contributed by atoms with Crippen LogP contribution >= 0.6 is 0 Å². The monoisotopic (exact) mass is 151 g/mol. The van der Waals surface area contributed by atoms with Gasteiger partial charge in [0.1, 0.15) is 0 Å². The molecule has 1 aliphatic heterocycles. The Labute approximate surface area is 69.4 Å². The van der Waals surface area contributed by atoms with Gasteiger partial charge in [-0.15, -0.1) is 5.73 Å². The van der Waals surface area contributed by atoms with Crippen molar-refractivity contribution in [1.29, 1.82) is 0 Å². The van der Waals surface area contributed by atoms with Gasteiger partial charge in [0.15, 0.2) is 0 Å². The second kappa shape index (κ2) is 4.25. The fourth-order valence-corrected chi connectivity index (χ4v) is 1.33. The lowest BCUT2D eigenvalue weighted by Gasteiger charge is -2.14. The molecule has 0 fully saturated rings. The highest BCUT2D eigenvalue weighted by Crippen LogP contribution is 2.13. The summed E-state index contributed by atoms with van der Waals surface area (Å²) in [6.45, 7) is 3.30. The van der Waals surface area contributed by atoms with Gasteiger partial charge < -0.3 is 4.90 Å². The second-order valence-corrected chi connectivity index (χ2v) is 3.13. The van der Waals surface area contributed by atoms with Gasteiger partial charge in [-0.1, -0.05) is 19.8 Å². The molecular weight excluding hydrogens is 134 g/mol. The van der Waals surface area contributed by atoms with Crippen LogP contribution in [-0.4, -0.2) is 18.5 Å². The minimum absolute atomic E-state index is 1.06. The van der Waals surface area contributed by atoms with Crippen molar-refractivity contribution in [3.63, 3.8) is 0 Å². The molecule has 62 valence electrons. The first kappa shape index (κ1) is 8.42. The highest BCUT2D eigenvalue weighted by Gasteiger charge is 2.05. The minimum atomic E-state index is 1.06. The van der Waals surface area contributed by atoms with E-state index in [2.05, 4.69) is 30.7 Å². The molecule has 1 aliphatic rings. The highest BCUT2D eigenvalue weighted by atomic mass is 15.1. The zero-order valence-electron chi connectivity index (χ0n) is 7.56. The lowest BCUT2D eigenvalue weighted by atomic mass is 10.2. The van der Waals surface area contributed by atoms with Gasteiger partial charge in [-0.2, -0.15) is 0 Å². The molecule has 0 spiro atoms. The van der Waals surface area contributed by atoms with Crippen LogP contribution in [0.25, 0.3) is 0 Å². The van der Waals surface area contributed by atoms with Gasteiger partial charge >= 0.3 is 0 Å². The largest absolute Gasteiger partial charge is 0.367 e. The van der Waals surface area contributed by atoms with E-state index in [0.29, 0.717) is 0 Å². The van der Waals surface area contributed by atoms with Crippen LogP contribution < -0.4 is 0 Å². The molecule has 0 aromatic rings. The Kier molecular flexibility index (Phi) is 3.25. The number of nitrogens with zero attached hydrogens (tertiary/aromatic N) is 1. The first-order valence-electron chi connectivity index (χ1n) is 4.49. The summed E-state index contributed by atoms with van der Waals surface area (Å²) in [7, 11) is 2.14.